The zero-order chi connectivity index (χ0) is 24.4. The smallest absolute Gasteiger partial charge is 0.308 e. The number of ether oxygens (including phenoxy) is 2. The van der Waals surface area contributed by atoms with Crippen LogP contribution in [0.5, 0.6) is 0 Å². The molecule has 188 valence electrons. The number of hydrogen-bond acceptors (Lipinski definition) is 6. The lowest BCUT2D eigenvalue weighted by atomic mass is 9.94. The lowest BCUT2D eigenvalue weighted by molar-refractivity contribution is -0.146. The Kier molecular flexibility index (Phi) is 17.2. The summed E-state index contributed by atoms with van der Waals surface area (Å²) in [6.45, 7) is 10.5. The standard InChI is InChI=1S/C26H49NO5/c1-7-8-9-10-11-12-13-14-15-16-24(29)32-20-26(4,5)19-27-22(17-21(2)3)23(28)18-25(30)31-6/h19,21-23,28H,7-18,20H2,1-6H3. The second-order valence-electron chi connectivity index (χ2n) is 10.1. The highest BCUT2D eigenvalue weighted by Crippen LogP contribution is 2.19. The van der Waals surface area contributed by atoms with E-state index in [1.165, 1.54) is 52.1 Å². The number of unbranched alkanes of at least 4 members (excludes halogenated alkanes) is 8. The summed E-state index contributed by atoms with van der Waals surface area (Å²) in [6.07, 6.45) is 12.8. The molecule has 0 aromatic carbocycles. The predicted octanol–water partition coefficient (Wildman–Crippen LogP) is 5.89. The highest BCUT2D eigenvalue weighted by atomic mass is 16.5. The molecule has 1 N–H and O–H groups in total. The molecule has 0 bridgehead atoms. The third kappa shape index (κ3) is 17.2. The molecule has 6 nitrogen and oxygen atoms in total. The van der Waals surface area contributed by atoms with E-state index < -0.39 is 23.5 Å². The third-order valence-corrected chi connectivity index (χ3v) is 5.47. The van der Waals surface area contributed by atoms with Crippen LogP contribution in [0.2, 0.25) is 0 Å². The number of rotatable bonds is 19. The van der Waals surface area contributed by atoms with Crippen LogP contribution < -0.4 is 0 Å². The molecule has 0 heterocycles. The van der Waals surface area contributed by atoms with Crippen LogP contribution >= 0.6 is 0 Å². The summed E-state index contributed by atoms with van der Waals surface area (Å²) in [5.41, 5.74) is -0.450. The maximum absolute atomic E-state index is 12.1. The fraction of sp³-hybridized carbons (Fsp3) is 0.885. The number of aliphatic imine (C=N–C) groups is 1. The Morgan fingerprint density at radius 3 is 2.06 bits per heavy atom. The predicted molar refractivity (Wildman–Crippen MR) is 131 cm³/mol. The van der Waals surface area contributed by atoms with Gasteiger partial charge in [-0.1, -0.05) is 86.0 Å². The number of carbonyl (C=O) groups is 2. The summed E-state index contributed by atoms with van der Waals surface area (Å²) in [5, 5.41) is 10.4. The second kappa shape index (κ2) is 18.0. The summed E-state index contributed by atoms with van der Waals surface area (Å²) in [7, 11) is 1.31. The molecular weight excluding hydrogens is 406 g/mol. The van der Waals surface area contributed by atoms with Gasteiger partial charge in [-0.2, -0.15) is 0 Å². The number of hydrogen-bond donors (Lipinski definition) is 1. The molecule has 0 aromatic heterocycles. The Balaban J connectivity index is 4.30. The van der Waals surface area contributed by atoms with Crippen LogP contribution in [-0.4, -0.2) is 49.1 Å². The Bertz CT molecular complexity index is 530. The van der Waals surface area contributed by atoms with Crippen LogP contribution in [0.25, 0.3) is 0 Å². The van der Waals surface area contributed by atoms with Gasteiger partial charge in [0, 0.05) is 18.1 Å². The maximum atomic E-state index is 12.1. The summed E-state index contributed by atoms with van der Waals surface area (Å²) in [4.78, 5) is 28.1. The quantitative estimate of drug-likeness (QED) is 0.149. The van der Waals surface area contributed by atoms with Gasteiger partial charge in [-0.05, 0) is 18.8 Å². The normalized spacial score (nSPS) is 14.0. The van der Waals surface area contributed by atoms with Crippen molar-refractivity contribution >= 4 is 18.2 Å². The van der Waals surface area contributed by atoms with Gasteiger partial charge < -0.3 is 14.6 Å². The molecule has 2 atom stereocenters. The van der Waals surface area contributed by atoms with E-state index in [2.05, 4.69) is 16.7 Å². The molecular formula is C26H49NO5. The topological polar surface area (TPSA) is 85.2 Å². The van der Waals surface area contributed by atoms with Crippen molar-refractivity contribution in [2.24, 2.45) is 16.3 Å². The van der Waals surface area contributed by atoms with E-state index in [-0.39, 0.29) is 19.0 Å². The van der Waals surface area contributed by atoms with E-state index >= 15 is 0 Å². The van der Waals surface area contributed by atoms with Gasteiger partial charge in [0.05, 0.1) is 25.7 Å². The summed E-state index contributed by atoms with van der Waals surface area (Å²) in [5.74, 6) is -0.299. The molecule has 0 rings (SSSR count). The molecule has 0 radical (unpaired) electrons. The van der Waals surface area contributed by atoms with Crippen molar-refractivity contribution in [1.29, 1.82) is 0 Å². The number of aliphatic hydroxyl groups is 1. The number of nitrogens with zero attached hydrogens (tertiary/aromatic N) is 1. The molecule has 0 fully saturated rings. The zero-order valence-electron chi connectivity index (χ0n) is 21.5. The van der Waals surface area contributed by atoms with Gasteiger partial charge >= 0.3 is 11.9 Å². The number of carbonyl (C=O) groups excluding carboxylic acids is 2. The van der Waals surface area contributed by atoms with Crippen LogP contribution in [0.15, 0.2) is 4.99 Å². The van der Waals surface area contributed by atoms with Crippen LogP contribution in [-0.2, 0) is 19.1 Å². The number of esters is 2. The minimum Gasteiger partial charge on any atom is -0.469 e. The zero-order valence-corrected chi connectivity index (χ0v) is 21.5. The van der Waals surface area contributed by atoms with Crippen molar-refractivity contribution in [3.05, 3.63) is 0 Å². The van der Waals surface area contributed by atoms with Crippen LogP contribution in [0.3, 0.4) is 0 Å². The van der Waals surface area contributed by atoms with E-state index in [1.807, 2.05) is 27.7 Å². The van der Waals surface area contributed by atoms with Crippen molar-refractivity contribution in [2.75, 3.05) is 13.7 Å². The van der Waals surface area contributed by atoms with Crippen molar-refractivity contribution in [2.45, 2.75) is 124 Å². The van der Waals surface area contributed by atoms with E-state index in [4.69, 9.17) is 4.74 Å². The Morgan fingerprint density at radius 2 is 1.53 bits per heavy atom. The molecule has 0 saturated heterocycles. The fourth-order valence-electron chi connectivity index (χ4n) is 3.44. The molecule has 0 spiro atoms. The van der Waals surface area contributed by atoms with Crippen molar-refractivity contribution in [1.82, 2.24) is 0 Å². The molecule has 0 aliphatic carbocycles. The fourth-order valence-corrected chi connectivity index (χ4v) is 3.44. The van der Waals surface area contributed by atoms with Gasteiger partial charge in [-0.15, -0.1) is 0 Å². The molecule has 0 amide bonds. The van der Waals surface area contributed by atoms with Gasteiger partial charge in [0.15, 0.2) is 0 Å². The molecule has 0 aromatic rings. The van der Waals surface area contributed by atoms with E-state index in [0.29, 0.717) is 18.8 Å². The van der Waals surface area contributed by atoms with Crippen LogP contribution in [0.4, 0.5) is 0 Å². The van der Waals surface area contributed by atoms with E-state index in [1.54, 1.807) is 6.21 Å². The second-order valence-corrected chi connectivity index (χ2v) is 10.1. The average molecular weight is 456 g/mol. The summed E-state index contributed by atoms with van der Waals surface area (Å²) < 4.78 is 10.1. The highest BCUT2D eigenvalue weighted by Gasteiger charge is 2.24. The molecule has 2 unspecified atom stereocenters. The SMILES string of the molecule is CCCCCCCCCCCC(=O)OCC(C)(C)C=NC(CC(C)C)C(O)CC(=O)OC. The Morgan fingerprint density at radius 1 is 0.969 bits per heavy atom. The monoisotopic (exact) mass is 455 g/mol. The summed E-state index contributed by atoms with van der Waals surface area (Å²) >= 11 is 0. The van der Waals surface area contributed by atoms with Crippen molar-refractivity contribution in [3.8, 4) is 0 Å². The minimum absolute atomic E-state index is 0.0839. The van der Waals surface area contributed by atoms with Crippen molar-refractivity contribution in [3.63, 3.8) is 0 Å². The van der Waals surface area contributed by atoms with Crippen molar-refractivity contribution < 1.29 is 24.2 Å². The average Bonchev–Trinajstić information content (AvgIpc) is 2.73. The first-order valence-corrected chi connectivity index (χ1v) is 12.6. The first-order chi connectivity index (χ1) is 15.1. The molecule has 0 aliphatic heterocycles. The molecule has 6 heteroatoms. The Hall–Kier alpha value is -1.43. The van der Waals surface area contributed by atoms with Crippen LogP contribution in [0, 0.1) is 11.3 Å². The maximum Gasteiger partial charge on any atom is 0.308 e. The minimum atomic E-state index is -0.897. The highest BCUT2D eigenvalue weighted by molar-refractivity contribution is 5.71. The van der Waals surface area contributed by atoms with Crippen LogP contribution in [0.1, 0.15) is 112 Å². The lowest BCUT2D eigenvalue weighted by Crippen LogP contribution is -2.31. The first-order valence-electron chi connectivity index (χ1n) is 12.6. The van der Waals surface area contributed by atoms with Gasteiger partial charge in [-0.3, -0.25) is 14.6 Å². The number of aliphatic hydroxyl groups excluding tert-OH is 1. The van der Waals surface area contributed by atoms with Gasteiger partial charge in [0.25, 0.3) is 0 Å². The molecule has 0 aliphatic rings. The largest absolute Gasteiger partial charge is 0.469 e. The van der Waals surface area contributed by atoms with E-state index in [9.17, 15) is 14.7 Å². The van der Waals surface area contributed by atoms with Gasteiger partial charge in [-0.25, -0.2) is 0 Å². The lowest BCUT2D eigenvalue weighted by Gasteiger charge is -2.24. The molecule has 0 saturated carbocycles. The van der Waals surface area contributed by atoms with Gasteiger partial charge in [0.1, 0.15) is 6.61 Å². The van der Waals surface area contributed by atoms with E-state index in [0.717, 1.165) is 12.8 Å². The third-order valence-electron chi connectivity index (χ3n) is 5.47. The number of methoxy groups -OCH3 is 1. The van der Waals surface area contributed by atoms with Gasteiger partial charge in [0.2, 0.25) is 0 Å². The molecule has 32 heavy (non-hydrogen) atoms. The summed E-state index contributed by atoms with van der Waals surface area (Å²) in [6, 6.07) is -0.397. The first kappa shape index (κ1) is 30.6. The Labute approximate surface area is 196 Å².